The van der Waals surface area contributed by atoms with Crippen molar-refractivity contribution in [3.05, 3.63) is 58.9 Å². The molecule has 1 aromatic heterocycles. The minimum atomic E-state index is -0.323. The third kappa shape index (κ3) is 1.89. The molecule has 0 fully saturated rings. The Bertz CT molecular complexity index is 730. The first-order chi connectivity index (χ1) is 8.63. The fourth-order valence-corrected chi connectivity index (χ4v) is 2.35. The number of aromatic amines is 1. The van der Waals surface area contributed by atoms with Gasteiger partial charge >= 0.3 is 0 Å². The standard InChI is InChI=1S/C15H11ClFN/c1-9-3-2-4-10(5-9)14-7-11-6-12(16)8-13(17)15(11)18-14/h2-8,18H,1H3. The number of aryl methyl sites for hydroxylation is 1. The zero-order chi connectivity index (χ0) is 12.7. The van der Waals surface area contributed by atoms with E-state index in [0.717, 1.165) is 16.6 Å². The van der Waals surface area contributed by atoms with Crippen LogP contribution in [0, 0.1) is 12.7 Å². The summed E-state index contributed by atoms with van der Waals surface area (Å²) in [4.78, 5) is 3.10. The molecule has 0 aliphatic rings. The maximum absolute atomic E-state index is 13.7. The van der Waals surface area contributed by atoms with Crippen LogP contribution in [-0.4, -0.2) is 4.98 Å². The van der Waals surface area contributed by atoms with Gasteiger partial charge in [-0.25, -0.2) is 4.39 Å². The summed E-state index contributed by atoms with van der Waals surface area (Å²) in [5.41, 5.74) is 3.61. The molecule has 18 heavy (non-hydrogen) atoms. The molecular formula is C15H11ClFN. The topological polar surface area (TPSA) is 15.8 Å². The van der Waals surface area contributed by atoms with E-state index in [1.54, 1.807) is 6.07 Å². The second kappa shape index (κ2) is 4.14. The lowest BCUT2D eigenvalue weighted by Crippen LogP contribution is -1.80. The van der Waals surface area contributed by atoms with Crippen LogP contribution in [0.15, 0.2) is 42.5 Å². The van der Waals surface area contributed by atoms with Crippen LogP contribution in [0.2, 0.25) is 5.02 Å². The maximum atomic E-state index is 13.7. The molecule has 0 atom stereocenters. The largest absolute Gasteiger partial charge is 0.352 e. The number of hydrogen-bond donors (Lipinski definition) is 1. The SMILES string of the molecule is Cc1cccc(-c2cc3cc(Cl)cc(F)c3[nH]2)c1. The highest BCUT2D eigenvalue weighted by Gasteiger charge is 2.08. The molecule has 0 saturated carbocycles. The van der Waals surface area contributed by atoms with Crippen molar-refractivity contribution in [1.82, 2.24) is 4.98 Å². The highest BCUT2D eigenvalue weighted by molar-refractivity contribution is 6.31. The summed E-state index contributed by atoms with van der Waals surface area (Å²) in [5, 5.41) is 1.20. The number of rotatable bonds is 1. The van der Waals surface area contributed by atoms with Crippen LogP contribution < -0.4 is 0 Å². The van der Waals surface area contributed by atoms with Crippen LogP contribution in [0.5, 0.6) is 0 Å². The van der Waals surface area contributed by atoms with Crippen LogP contribution >= 0.6 is 11.6 Å². The first kappa shape index (κ1) is 11.3. The lowest BCUT2D eigenvalue weighted by Gasteiger charge is -1.98. The quantitative estimate of drug-likeness (QED) is 0.637. The number of H-pyrrole nitrogens is 1. The molecule has 0 bridgehead atoms. The first-order valence-corrected chi connectivity index (χ1v) is 6.06. The van der Waals surface area contributed by atoms with Crippen LogP contribution in [0.25, 0.3) is 22.2 Å². The molecule has 0 unspecified atom stereocenters. The van der Waals surface area contributed by atoms with Gasteiger partial charge in [-0.15, -0.1) is 0 Å². The number of hydrogen-bond acceptors (Lipinski definition) is 0. The van der Waals surface area contributed by atoms with Crippen LogP contribution in [0.3, 0.4) is 0 Å². The predicted octanol–water partition coefficient (Wildman–Crippen LogP) is 4.94. The van der Waals surface area contributed by atoms with Gasteiger partial charge < -0.3 is 4.98 Å². The van der Waals surface area contributed by atoms with Crippen molar-refractivity contribution in [3.63, 3.8) is 0 Å². The Balaban J connectivity index is 2.22. The van der Waals surface area contributed by atoms with E-state index >= 15 is 0 Å². The van der Waals surface area contributed by atoms with Crippen LogP contribution in [0.4, 0.5) is 4.39 Å². The number of aromatic nitrogens is 1. The van der Waals surface area contributed by atoms with E-state index in [2.05, 4.69) is 11.1 Å². The van der Waals surface area contributed by atoms with Crippen molar-refractivity contribution in [3.8, 4) is 11.3 Å². The van der Waals surface area contributed by atoms with Gasteiger partial charge in [0.15, 0.2) is 0 Å². The molecule has 0 amide bonds. The lowest BCUT2D eigenvalue weighted by molar-refractivity contribution is 0.637. The molecule has 3 aromatic rings. The minimum Gasteiger partial charge on any atom is -0.352 e. The van der Waals surface area contributed by atoms with E-state index in [1.807, 2.05) is 31.2 Å². The average molecular weight is 260 g/mol. The van der Waals surface area contributed by atoms with Crippen molar-refractivity contribution >= 4 is 22.5 Å². The Hall–Kier alpha value is -1.80. The van der Waals surface area contributed by atoms with Crippen molar-refractivity contribution in [2.24, 2.45) is 0 Å². The third-order valence-electron chi connectivity index (χ3n) is 2.97. The summed E-state index contributed by atoms with van der Waals surface area (Å²) in [6.45, 7) is 2.03. The Morgan fingerprint density at radius 2 is 1.94 bits per heavy atom. The molecule has 90 valence electrons. The van der Waals surface area contributed by atoms with Crippen molar-refractivity contribution in [2.75, 3.05) is 0 Å². The van der Waals surface area contributed by atoms with Gasteiger partial charge in [-0.05, 0) is 36.8 Å². The molecule has 1 nitrogen and oxygen atoms in total. The Labute approximate surface area is 109 Å². The fraction of sp³-hybridized carbons (Fsp3) is 0.0667. The Morgan fingerprint density at radius 3 is 2.72 bits per heavy atom. The first-order valence-electron chi connectivity index (χ1n) is 5.68. The maximum Gasteiger partial charge on any atom is 0.148 e. The molecule has 0 spiro atoms. The predicted molar refractivity (Wildman–Crippen MR) is 73.4 cm³/mol. The monoisotopic (exact) mass is 259 g/mol. The molecule has 0 radical (unpaired) electrons. The van der Waals surface area contributed by atoms with Gasteiger partial charge in [-0.1, -0.05) is 35.4 Å². The Kier molecular flexibility index (Phi) is 2.60. The molecule has 1 N–H and O–H groups in total. The molecule has 3 rings (SSSR count). The fourth-order valence-electron chi connectivity index (χ4n) is 2.13. The number of nitrogens with one attached hydrogen (secondary N) is 1. The molecule has 0 saturated heterocycles. The highest BCUT2D eigenvalue weighted by Crippen LogP contribution is 2.28. The van der Waals surface area contributed by atoms with Gasteiger partial charge in [-0.3, -0.25) is 0 Å². The van der Waals surface area contributed by atoms with Gasteiger partial charge in [0.1, 0.15) is 5.82 Å². The van der Waals surface area contributed by atoms with E-state index < -0.39 is 0 Å². The van der Waals surface area contributed by atoms with Gasteiger partial charge in [0.2, 0.25) is 0 Å². The van der Waals surface area contributed by atoms with Gasteiger partial charge in [-0.2, -0.15) is 0 Å². The summed E-state index contributed by atoms with van der Waals surface area (Å²) in [6.07, 6.45) is 0. The highest BCUT2D eigenvalue weighted by atomic mass is 35.5. The second-order valence-electron chi connectivity index (χ2n) is 4.40. The molecule has 3 heteroatoms. The zero-order valence-electron chi connectivity index (χ0n) is 9.80. The minimum absolute atomic E-state index is 0.323. The molecule has 1 heterocycles. The molecule has 0 aliphatic carbocycles. The van der Waals surface area contributed by atoms with Crippen LogP contribution in [0.1, 0.15) is 5.56 Å². The van der Waals surface area contributed by atoms with Crippen LogP contribution in [-0.2, 0) is 0 Å². The summed E-state index contributed by atoms with van der Waals surface area (Å²) in [6, 6.07) is 13.1. The van der Waals surface area contributed by atoms with E-state index in [-0.39, 0.29) is 5.82 Å². The second-order valence-corrected chi connectivity index (χ2v) is 4.84. The zero-order valence-corrected chi connectivity index (χ0v) is 10.6. The normalized spacial score (nSPS) is 11.1. The number of fused-ring (bicyclic) bond motifs is 1. The van der Waals surface area contributed by atoms with E-state index in [9.17, 15) is 4.39 Å². The number of halogens is 2. The van der Waals surface area contributed by atoms with Gasteiger partial charge in [0.25, 0.3) is 0 Å². The summed E-state index contributed by atoms with van der Waals surface area (Å²) < 4.78 is 13.7. The van der Waals surface area contributed by atoms with E-state index in [0.29, 0.717) is 10.5 Å². The summed E-state index contributed by atoms with van der Waals surface area (Å²) >= 11 is 5.85. The summed E-state index contributed by atoms with van der Waals surface area (Å²) in [7, 11) is 0. The number of benzene rings is 2. The Morgan fingerprint density at radius 1 is 1.11 bits per heavy atom. The smallest absolute Gasteiger partial charge is 0.148 e. The summed E-state index contributed by atoms with van der Waals surface area (Å²) in [5.74, 6) is -0.323. The van der Waals surface area contributed by atoms with Gasteiger partial charge in [0.05, 0.1) is 5.52 Å². The van der Waals surface area contributed by atoms with Crippen molar-refractivity contribution in [2.45, 2.75) is 6.92 Å². The van der Waals surface area contributed by atoms with Crippen molar-refractivity contribution < 1.29 is 4.39 Å². The van der Waals surface area contributed by atoms with E-state index in [4.69, 9.17) is 11.6 Å². The van der Waals surface area contributed by atoms with E-state index in [1.165, 1.54) is 11.6 Å². The lowest BCUT2D eigenvalue weighted by atomic mass is 10.1. The van der Waals surface area contributed by atoms with Crippen molar-refractivity contribution in [1.29, 1.82) is 0 Å². The van der Waals surface area contributed by atoms with Gasteiger partial charge in [0, 0.05) is 16.1 Å². The molecular weight excluding hydrogens is 249 g/mol. The molecule has 2 aromatic carbocycles. The molecule has 0 aliphatic heterocycles. The average Bonchev–Trinajstić information content (AvgIpc) is 2.73. The third-order valence-corrected chi connectivity index (χ3v) is 3.19.